The van der Waals surface area contributed by atoms with Crippen LogP contribution in [0, 0.1) is 0 Å². The maximum Gasteiger partial charge on any atom is 0.248 e. The van der Waals surface area contributed by atoms with Gasteiger partial charge in [-0.15, -0.1) is 0 Å². The summed E-state index contributed by atoms with van der Waals surface area (Å²) >= 11 is 5.69. The molecule has 0 saturated heterocycles. The second-order valence-electron chi connectivity index (χ2n) is 2.72. The van der Waals surface area contributed by atoms with E-state index in [0.29, 0.717) is 0 Å². The van der Waals surface area contributed by atoms with E-state index in [0.717, 1.165) is 6.07 Å². The van der Waals surface area contributed by atoms with Crippen LogP contribution in [0.25, 0.3) is 0 Å². The summed E-state index contributed by atoms with van der Waals surface area (Å²) in [6, 6.07) is 3.81. The Balaban J connectivity index is 3.42. The lowest BCUT2D eigenvalue weighted by atomic mass is 10.2. The molecule has 3 N–H and O–H groups in total. The minimum Gasteiger partial charge on any atom is -0.366 e. The zero-order valence-corrected chi connectivity index (χ0v) is 9.39. The summed E-state index contributed by atoms with van der Waals surface area (Å²) in [5.74, 6) is -0.709. The van der Waals surface area contributed by atoms with Gasteiger partial charge in [0.1, 0.15) is 4.90 Å². The predicted molar refractivity (Wildman–Crippen MR) is 56.2 cm³/mol. The molecule has 15 heavy (non-hydrogen) atoms. The zero-order chi connectivity index (χ0) is 11.6. The van der Waals surface area contributed by atoms with Gasteiger partial charge in [0.05, 0.1) is 5.02 Å². The average molecular weight is 249 g/mol. The number of halogens is 1. The molecule has 5 nitrogen and oxygen atoms in total. The van der Waals surface area contributed by atoms with Crippen LogP contribution in [0.2, 0.25) is 5.02 Å². The van der Waals surface area contributed by atoms with Crippen LogP contribution in [0.15, 0.2) is 23.1 Å². The minimum atomic E-state index is -3.67. The Labute approximate surface area is 92.3 Å². The van der Waals surface area contributed by atoms with Crippen LogP contribution in [0.4, 0.5) is 0 Å². The van der Waals surface area contributed by atoms with E-state index in [2.05, 4.69) is 4.72 Å². The molecular weight excluding hydrogens is 240 g/mol. The van der Waals surface area contributed by atoms with Gasteiger partial charge in [-0.1, -0.05) is 11.6 Å². The highest BCUT2D eigenvalue weighted by Crippen LogP contribution is 2.22. The molecular formula is C8H9ClN2O3S. The Morgan fingerprint density at radius 2 is 2.07 bits per heavy atom. The standard InChI is InChI=1S/C8H9ClN2O3S/c1-11-15(13,14)7-4-5(8(10)12)2-3-6(7)9/h2-4,11H,1H3,(H2,10,12). The number of carbonyl (C=O) groups is 1. The number of benzene rings is 1. The van der Waals surface area contributed by atoms with E-state index >= 15 is 0 Å². The monoisotopic (exact) mass is 248 g/mol. The van der Waals surface area contributed by atoms with Gasteiger partial charge in [-0.05, 0) is 25.2 Å². The van der Waals surface area contributed by atoms with Gasteiger partial charge in [0.15, 0.2) is 0 Å². The Morgan fingerprint density at radius 1 is 1.47 bits per heavy atom. The summed E-state index contributed by atoms with van der Waals surface area (Å²) < 4.78 is 25.0. The number of rotatable bonds is 3. The molecule has 0 heterocycles. The van der Waals surface area contributed by atoms with Crippen LogP contribution in [0.1, 0.15) is 10.4 Å². The minimum absolute atomic E-state index is 0.0364. The average Bonchev–Trinajstić information content (AvgIpc) is 2.17. The van der Waals surface area contributed by atoms with Crippen LogP contribution in [-0.2, 0) is 10.0 Å². The fraction of sp³-hybridized carbons (Fsp3) is 0.125. The first-order valence-corrected chi connectivity index (χ1v) is 5.77. The molecule has 82 valence electrons. The highest BCUT2D eigenvalue weighted by atomic mass is 35.5. The zero-order valence-electron chi connectivity index (χ0n) is 7.82. The Hall–Kier alpha value is -1.11. The topological polar surface area (TPSA) is 89.3 Å². The number of nitrogens with two attached hydrogens (primary N) is 1. The molecule has 0 radical (unpaired) electrons. The lowest BCUT2D eigenvalue weighted by Gasteiger charge is -2.05. The molecule has 1 rings (SSSR count). The first-order valence-electron chi connectivity index (χ1n) is 3.91. The molecule has 0 saturated carbocycles. The summed E-state index contributed by atoms with van der Waals surface area (Å²) in [5.41, 5.74) is 5.11. The van der Waals surface area contributed by atoms with Crippen molar-refractivity contribution in [2.24, 2.45) is 5.73 Å². The maximum absolute atomic E-state index is 11.4. The van der Waals surface area contributed by atoms with Crippen molar-refractivity contribution < 1.29 is 13.2 Å². The summed E-state index contributed by atoms with van der Waals surface area (Å²) in [6.45, 7) is 0. The number of carbonyl (C=O) groups excluding carboxylic acids is 1. The molecule has 0 aliphatic carbocycles. The number of nitrogens with one attached hydrogen (secondary N) is 1. The normalized spacial score (nSPS) is 11.3. The third-order valence-electron chi connectivity index (χ3n) is 1.77. The molecule has 7 heteroatoms. The van der Waals surface area contributed by atoms with Crippen molar-refractivity contribution >= 4 is 27.5 Å². The fourth-order valence-electron chi connectivity index (χ4n) is 0.973. The molecule has 0 aliphatic rings. The smallest absolute Gasteiger partial charge is 0.248 e. The molecule has 1 aromatic rings. The highest BCUT2D eigenvalue weighted by Gasteiger charge is 2.17. The summed E-state index contributed by atoms with van der Waals surface area (Å²) in [4.78, 5) is 10.7. The van der Waals surface area contributed by atoms with E-state index in [1.54, 1.807) is 0 Å². The van der Waals surface area contributed by atoms with Gasteiger partial charge >= 0.3 is 0 Å². The van der Waals surface area contributed by atoms with E-state index in [-0.39, 0.29) is 15.5 Å². The summed E-state index contributed by atoms with van der Waals surface area (Å²) in [7, 11) is -2.42. The van der Waals surface area contributed by atoms with Crippen molar-refractivity contribution in [3.63, 3.8) is 0 Å². The van der Waals surface area contributed by atoms with E-state index in [4.69, 9.17) is 17.3 Å². The Kier molecular flexibility index (Phi) is 3.33. The van der Waals surface area contributed by atoms with Gasteiger partial charge in [0, 0.05) is 5.56 Å². The lowest BCUT2D eigenvalue weighted by Crippen LogP contribution is -2.20. The van der Waals surface area contributed by atoms with Crippen molar-refractivity contribution in [2.45, 2.75) is 4.90 Å². The van der Waals surface area contributed by atoms with Gasteiger partial charge < -0.3 is 5.73 Å². The number of amides is 1. The quantitative estimate of drug-likeness (QED) is 0.809. The van der Waals surface area contributed by atoms with Crippen LogP contribution >= 0.6 is 11.6 Å². The number of hydrogen-bond acceptors (Lipinski definition) is 3. The number of primary amides is 1. The molecule has 1 aromatic carbocycles. The van der Waals surface area contributed by atoms with E-state index in [1.807, 2.05) is 0 Å². The van der Waals surface area contributed by atoms with Crippen molar-refractivity contribution in [3.8, 4) is 0 Å². The second kappa shape index (κ2) is 4.18. The van der Waals surface area contributed by atoms with Crippen LogP contribution < -0.4 is 10.5 Å². The fourth-order valence-corrected chi connectivity index (χ4v) is 2.22. The number of hydrogen-bond donors (Lipinski definition) is 2. The predicted octanol–water partition coefficient (Wildman–Crippen LogP) is 0.347. The highest BCUT2D eigenvalue weighted by molar-refractivity contribution is 7.89. The molecule has 0 fully saturated rings. The second-order valence-corrected chi connectivity index (χ2v) is 4.98. The largest absolute Gasteiger partial charge is 0.366 e. The molecule has 1 amide bonds. The molecule has 0 unspecified atom stereocenters. The Bertz CT molecular complexity index is 499. The van der Waals surface area contributed by atoms with Gasteiger partial charge in [0.2, 0.25) is 15.9 Å². The van der Waals surface area contributed by atoms with E-state index in [1.165, 1.54) is 19.2 Å². The first kappa shape index (κ1) is 12.0. The van der Waals surface area contributed by atoms with Crippen LogP contribution in [-0.4, -0.2) is 21.4 Å². The summed E-state index contributed by atoms with van der Waals surface area (Å²) in [5, 5.41) is 0.0364. The van der Waals surface area contributed by atoms with Crippen LogP contribution in [0.3, 0.4) is 0 Å². The molecule has 0 aliphatic heterocycles. The summed E-state index contributed by atoms with van der Waals surface area (Å²) in [6.07, 6.45) is 0. The van der Waals surface area contributed by atoms with E-state index < -0.39 is 15.9 Å². The first-order chi connectivity index (χ1) is 6.88. The van der Waals surface area contributed by atoms with Crippen molar-refractivity contribution in [2.75, 3.05) is 7.05 Å². The van der Waals surface area contributed by atoms with Gasteiger partial charge in [0.25, 0.3) is 0 Å². The number of sulfonamides is 1. The van der Waals surface area contributed by atoms with Gasteiger partial charge in [-0.25, -0.2) is 13.1 Å². The molecule has 0 bridgehead atoms. The van der Waals surface area contributed by atoms with Gasteiger partial charge in [-0.2, -0.15) is 0 Å². The van der Waals surface area contributed by atoms with E-state index in [9.17, 15) is 13.2 Å². The maximum atomic E-state index is 11.4. The molecule has 0 spiro atoms. The SMILES string of the molecule is CNS(=O)(=O)c1cc(C(N)=O)ccc1Cl. The Morgan fingerprint density at radius 3 is 2.53 bits per heavy atom. The third kappa shape index (κ3) is 2.47. The molecule has 0 atom stereocenters. The lowest BCUT2D eigenvalue weighted by molar-refractivity contribution is 0.1000. The van der Waals surface area contributed by atoms with Crippen molar-refractivity contribution in [3.05, 3.63) is 28.8 Å². The van der Waals surface area contributed by atoms with Gasteiger partial charge in [-0.3, -0.25) is 4.79 Å². The third-order valence-corrected chi connectivity index (χ3v) is 3.67. The van der Waals surface area contributed by atoms with Crippen molar-refractivity contribution in [1.29, 1.82) is 0 Å². The van der Waals surface area contributed by atoms with Crippen molar-refractivity contribution in [1.82, 2.24) is 4.72 Å². The van der Waals surface area contributed by atoms with Crippen LogP contribution in [0.5, 0.6) is 0 Å². The molecule has 0 aromatic heterocycles.